The minimum Gasteiger partial charge on any atom is -0.411 e. The number of carbonyl (C=O) groups is 1. The standard InChI is InChI=1S/C16H27N3O3/c1-12(17-21)15(18-22)16(20)19(13-8-4-2-5-9-13)14-10-6-3-7-11-14/h13-14,21-22H,2-11H2,1H3. The lowest BCUT2D eigenvalue weighted by Crippen LogP contribution is -2.52. The van der Waals surface area contributed by atoms with Gasteiger partial charge >= 0.3 is 0 Å². The Bertz CT molecular complexity index is 418. The molecule has 0 aromatic rings. The van der Waals surface area contributed by atoms with E-state index in [4.69, 9.17) is 5.21 Å². The van der Waals surface area contributed by atoms with Crippen molar-refractivity contribution in [3.63, 3.8) is 0 Å². The molecule has 0 spiro atoms. The van der Waals surface area contributed by atoms with E-state index in [1.54, 1.807) is 0 Å². The van der Waals surface area contributed by atoms with Gasteiger partial charge in [-0.3, -0.25) is 4.79 Å². The van der Waals surface area contributed by atoms with Crippen molar-refractivity contribution in [2.24, 2.45) is 10.3 Å². The summed E-state index contributed by atoms with van der Waals surface area (Å²) in [6.45, 7) is 1.48. The topological polar surface area (TPSA) is 85.5 Å². The zero-order valence-corrected chi connectivity index (χ0v) is 13.4. The van der Waals surface area contributed by atoms with Gasteiger partial charge in [-0.15, -0.1) is 0 Å². The maximum atomic E-state index is 12.9. The average Bonchev–Trinajstić information content (AvgIpc) is 2.57. The number of nitrogens with zero attached hydrogens (tertiary/aromatic N) is 3. The quantitative estimate of drug-likeness (QED) is 0.475. The van der Waals surface area contributed by atoms with Gasteiger partial charge in [0.25, 0.3) is 5.91 Å². The van der Waals surface area contributed by atoms with Gasteiger partial charge in [0, 0.05) is 12.1 Å². The monoisotopic (exact) mass is 309 g/mol. The molecule has 2 aliphatic carbocycles. The number of rotatable bonds is 4. The van der Waals surface area contributed by atoms with Gasteiger partial charge in [0.2, 0.25) is 0 Å². The fourth-order valence-corrected chi connectivity index (χ4v) is 3.79. The summed E-state index contributed by atoms with van der Waals surface area (Å²) in [4.78, 5) is 14.8. The maximum Gasteiger partial charge on any atom is 0.278 e. The first kappa shape index (κ1) is 16.8. The minimum atomic E-state index is -0.295. The molecule has 2 N–H and O–H groups in total. The van der Waals surface area contributed by atoms with Crippen molar-refractivity contribution in [2.45, 2.75) is 83.2 Å². The molecule has 6 nitrogen and oxygen atoms in total. The molecular formula is C16H27N3O3. The largest absolute Gasteiger partial charge is 0.411 e. The number of carbonyl (C=O) groups excluding carboxylic acids is 1. The Morgan fingerprint density at radius 1 is 0.864 bits per heavy atom. The van der Waals surface area contributed by atoms with Crippen LogP contribution in [-0.4, -0.2) is 44.7 Å². The summed E-state index contributed by atoms with van der Waals surface area (Å²) in [7, 11) is 0. The second kappa shape index (κ2) is 8.15. The molecular weight excluding hydrogens is 282 g/mol. The molecule has 6 heteroatoms. The molecule has 2 saturated carbocycles. The summed E-state index contributed by atoms with van der Waals surface area (Å²) in [6.07, 6.45) is 11.0. The Morgan fingerprint density at radius 2 is 1.32 bits per heavy atom. The third-order valence-corrected chi connectivity index (χ3v) is 4.97. The zero-order chi connectivity index (χ0) is 15.9. The van der Waals surface area contributed by atoms with E-state index in [0.717, 1.165) is 51.4 Å². The first-order valence-electron chi connectivity index (χ1n) is 8.42. The Hall–Kier alpha value is -1.59. The lowest BCUT2D eigenvalue weighted by molar-refractivity contribution is -0.130. The van der Waals surface area contributed by atoms with Crippen LogP contribution in [0.25, 0.3) is 0 Å². The van der Waals surface area contributed by atoms with Gasteiger partial charge < -0.3 is 15.3 Å². The van der Waals surface area contributed by atoms with Crippen LogP contribution in [0.15, 0.2) is 10.3 Å². The van der Waals surface area contributed by atoms with Crippen molar-refractivity contribution in [3.05, 3.63) is 0 Å². The second-order valence-corrected chi connectivity index (χ2v) is 6.43. The Morgan fingerprint density at radius 3 is 1.68 bits per heavy atom. The molecule has 0 radical (unpaired) electrons. The fourth-order valence-electron chi connectivity index (χ4n) is 3.79. The Labute approximate surface area is 131 Å². The van der Waals surface area contributed by atoms with Crippen LogP contribution in [0.2, 0.25) is 0 Å². The predicted octanol–water partition coefficient (Wildman–Crippen LogP) is 3.16. The average molecular weight is 309 g/mol. The molecule has 0 heterocycles. The fraction of sp³-hybridized carbons (Fsp3) is 0.812. The molecule has 0 saturated heterocycles. The van der Waals surface area contributed by atoms with Gasteiger partial charge in [0.1, 0.15) is 5.71 Å². The third-order valence-electron chi connectivity index (χ3n) is 4.97. The highest BCUT2D eigenvalue weighted by Crippen LogP contribution is 2.30. The van der Waals surface area contributed by atoms with Gasteiger partial charge in [-0.2, -0.15) is 0 Å². The number of oxime groups is 2. The van der Waals surface area contributed by atoms with E-state index in [2.05, 4.69) is 10.3 Å². The molecule has 0 bridgehead atoms. The summed E-state index contributed by atoms with van der Waals surface area (Å²) in [5.74, 6) is -0.295. The first-order valence-corrected chi connectivity index (χ1v) is 8.42. The molecule has 2 rings (SSSR count). The molecule has 0 aromatic carbocycles. The van der Waals surface area contributed by atoms with Crippen molar-refractivity contribution in [2.75, 3.05) is 0 Å². The lowest BCUT2D eigenvalue weighted by atomic mass is 9.88. The SMILES string of the molecule is CC(=NO)C(=NO)C(=O)N(C1CCCCC1)C1CCCCC1. The third kappa shape index (κ3) is 3.78. The highest BCUT2D eigenvalue weighted by Gasteiger charge is 2.35. The molecule has 0 atom stereocenters. The van der Waals surface area contributed by atoms with E-state index >= 15 is 0 Å². The molecule has 1 amide bonds. The maximum absolute atomic E-state index is 12.9. The highest BCUT2D eigenvalue weighted by atomic mass is 16.4. The van der Waals surface area contributed by atoms with E-state index in [0.29, 0.717) is 0 Å². The molecule has 22 heavy (non-hydrogen) atoms. The number of hydrogen-bond acceptors (Lipinski definition) is 5. The van der Waals surface area contributed by atoms with Crippen LogP contribution < -0.4 is 0 Å². The first-order chi connectivity index (χ1) is 10.7. The van der Waals surface area contributed by atoms with Crippen molar-refractivity contribution in [1.29, 1.82) is 0 Å². The molecule has 0 aliphatic heterocycles. The van der Waals surface area contributed by atoms with Crippen LogP contribution in [0, 0.1) is 0 Å². The van der Waals surface area contributed by atoms with Crippen LogP contribution in [0.3, 0.4) is 0 Å². The molecule has 124 valence electrons. The summed E-state index contributed by atoms with van der Waals surface area (Å²) in [5.41, 5.74) is -0.0808. The van der Waals surface area contributed by atoms with Crippen molar-refractivity contribution in [3.8, 4) is 0 Å². The Kier molecular flexibility index (Phi) is 6.21. The summed E-state index contributed by atoms with van der Waals surface area (Å²) in [6, 6.07) is 0.431. The summed E-state index contributed by atoms with van der Waals surface area (Å²) in [5, 5.41) is 24.2. The number of amides is 1. The smallest absolute Gasteiger partial charge is 0.278 e. The van der Waals surface area contributed by atoms with Gasteiger partial charge in [-0.25, -0.2) is 0 Å². The van der Waals surface area contributed by atoms with Gasteiger partial charge in [0.05, 0.1) is 0 Å². The molecule has 0 unspecified atom stereocenters. The predicted molar refractivity (Wildman–Crippen MR) is 84.7 cm³/mol. The van der Waals surface area contributed by atoms with Crippen molar-refractivity contribution < 1.29 is 15.2 Å². The Balaban J connectivity index is 2.23. The van der Waals surface area contributed by atoms with E-state index in [1.165, 1.54) is 19.8 Å². The van der Waals surface area contributed by atoms with E-state index in [1.807, 2.05) is 4.90 Å². The minimum absolute atomic E-state index is 0.0594. The molecule has 2 fully saturated rings. The highest BCUT2D eigenvalue weighted by molar-refractivity contribution is 6.66. The van der Waals surface area contributed by atoms with E-state index in [-0.39, 0.29) is 29.4 Å². The normalized spacial score (nSPS) is 22.6. The summed E-state index contributed by atoms with van der Waals surface area (Å²) < 4.78 is 0. The van der Waals surface area contributed by atoms with Crippen LogP contribution >= 0.6 is 0 Å². The molecule has 0 aromatic heterocycles. The van der Waals surface area contributed by atoms with E-state index in [9.17, 15) is 10.0 Å². The summed E-state index contributed by atoms with van der Waals surface area (Å²) >= 11 is 0. The van der Waals surface area contributed by atoms with Gasteiger partial charge in [-0.05, 0) is 32.6 Å². The second-order valence-electron chi connectivity index (χ2n) is 6.43. The van der Waals surface area contributed by atoms with Crippen molar-refractivity contribution in [1.82, 2.24) is 4.90 Å². The van der Waals surface area contributed by atoms with Gasteiger partial charge in [0.15, 0.2) is 5.71 Å². The van der Waals surface area contributed by atoms with Crippen LogP contribution in [-0.2, 0) is 4.79 Å². The molecule has 2 aliphatic rings. The van der Waals surface area contributed by atoms with Crippen LogP contribution in [0.4, 0.5) is 0 Å². The lowest BCUT2D eigenvalue weighted by Gasteiger charge is -2.41. The van der Waals surface area contributed by atoms with Crippen molar-refractivity contribution >= 4 is 17.3 Å². The zero-order valence-electron chi connectivity index (χ0n) is 13.4. The number of hydrogen-bond donors (Lipinski definition) is 2. The van der Waals surface area contributed by atoms with E-state index < -0.39 is 0 Å². The van der Waals surface area contributed by atoms with Crippen LogP contribution in [0.1, 0.15) is 71.1 Å². The van der Waals surface area contributed by atoms with Crippen LogP contribution in [0.5, 0.6) is 0 Å². The van der Waals surface area contributed by atoms with Gasteiger partial charge in [-0.1, -0.05) is 48.8 Å².